The molecular formula is C23H25NO4. The summed E-state index contributed by atoms with van der Waals surface area (Å²) in [6.45, 7) is 2.07. The molecule has 2 aliphatic heterocycles. The van der Waals surface area contributed by atoms with Gasteiger partial charge < -0.3 is 19.3 Å². The SMILES string of the molecule is COc1cc2c(cc1O)c1c(c3cc(OC)c(OC)cc32)C[C@H]2CCCN2C1. The van der Waals surface area contributed by atoms with Crippen LogP contribution in [0.2, 0.25) is 0 Å². The Labute approximate surface area is 164 Å². The summed E-state index contributed by atoms with van der Waals surface area (Å²) in [5.74, 6) is 2.12. The molecule has 3 aromatic carbocycles. The van der Waals surface area contributed by atoms with Crippen molar-refractivity contribution >= 4 is 21.5 Å². The quantitative estimate of drug-likeness (QED) is 0.690. The molecule has 146 valence electrons. The summed E-state index contributed by atoms with van der Waals surface area (Å²) in [6, 6.07) is 8.56. The predicted molar refractivity (Wildman–Crippen MR) is 110 cm³/mol. The van der Waals surface area contributed by atoms with E-state index >= 15 is 0 Å². The first-order valence-electron chi connectivity index (χ1n) is 9.78. The summed E-state index contributed by atoms with van der Waals surface area (Å²) in [5, 5.41) is 15.0. The van der Waals surface area contributed by atoms with Crippen LogP contribution in [0.1, 0.15) is 24.0 Å². The molecule has 1 fully saturated rings. The molecule has 2 aliphatic rings. The van der Waals surface area contributed by atoms with Gasteiger partial charge in [-0.3, -0.25) is 4.90 Å². The molecular weight excluding hydrogens is 354 g/mol. The standard InChI is InChI=1S/C23H25NO4/c1-26-21-9-16-15(8-20(21)25)19-12-24-6-4-5-13(24)7-14(19)17-10-22(27-2)23(28-3)11-18(16)17/h8-11,13,25H,4-7,12H2,1-3H3/t13-/m1/s1. The van der Waals surface area contributed by atoms with Gasteiger partial charge >= 0.3 is 0 Å². The van der Waals surface area contributed by atoms with E-state index < -0.39 is 0 Å². The fourth-order valence-electron chi connectivity index (χ4n) is 5.07. The van der Waals surface area contributed by atoms with E-state index in [1.165, 1.54) is 29.4 Å². The zero-order valence-corrected chi connectivity index (χ0v) is 16.5. The summed E-state index contributed by atoms with van der Waals surface area (Å²) in [5.41, 5.74) is 2.68. The highest BCUT2D eigenvalue weighted by molar-refractivity contribution is 6.12. The highest BCUT2D eigenvalue weighted by atomic mass is 16.5. The van der Waals surface area contributed by atoms with E-state index in [2.05, 4.69) is 11.0 Å². The van der Waals surface area contributed by atoms with Crippen molar-refractivity contribution in [1.82, 2.24) is 4.90 Å². The van der Waals surface area contributed by atoms with Gasteiger partial charge in [-0.1, -0.05) is 0 Å². The summed E-state index contributed by atoms with van der Waals surface area (Å²) in [4.78, 5) is 2.58. The van der Waals surface area contributed by atoms with E-state index in [9.17, 15) is 5.11 Å². The Bertz CT molecular complexity index is 1090. The third-order valence-electron chi connectivity index (χ3n) is 6.45. The fourth-order valence-corrected chi connectivity index (χ4v) is 5.07. The Morgan fingerprint density at radius 2 is 1.43 bits per heavy atom. The van der Waals surface area contributed by atoms with Gasteiger partial charge in [0.25, 0.3) is 0 Å². The van der Waals surface area contributed by atoms with E-state index in [4.69, 9.17) is 14.2 Å². The third-order valence-corrected chi connectivity index (χ3v) is 6.45. The normalized spacial score (nSPS) is 18.9. The maximum absolute atomic E-state index is 10.5. The number of aromatic hydroxyl groups is 1. The van der Waals surface area contributed by atoms with Crippen LogP contribution in [0.25, 0.3) is 21.5 Å². The van der Waals surface area contributed by atoms with Crippen molar-refractivity contribution in [2.75, 3.05) is 27.9 Å². The zero-order valence-electron chi connectivity index (χ0n) is 16.5. The lowest BCUT2D eigenvalue weighted by Crippen LogP contribution is -2.35. The zero-order chi connectivity index (χ0) is 19.4. The largest absolute Gasteiger partial charge is 0.504 e. The van der Waals surface area contributed by atoms with Gasteiger partial charge in [0.15, 0.2) is 23.0 Å². The number of benzene rings is 3. The Morgan fingerprint density at radius 3 is 2.11 bits per heavy atom. The molecule has 0 aliphatic carbocycles. The van der Waals surface area contributed by atoms with Crippen molar-refractivity contribution in [3.63, 3.8) is 0 Å². The van der Waals surface area contributed by atoms with Gasteiger partial charge in [0.2, 0.25) is 0 Å². The second-order valence-corrected chi connectivity index (χ2v) is 7.75. The lowest BCUT2D eigenvalue weighted by molar-refractivity contribution is 0.229. The van der Waals surface area contributed by atoms with E-state index in [1.807, 2.05) is 18.2 Å². The number of methoxy groups -OCH3 is 3. The number of phenolic OH excluding ortho intramolecular Hbond substituents is 1. The van der Waals surface area contributed by atoms with Crippen LogP contribution in [0.15, 0.2) is 24.3 Å². The second kappa shape index (κ2) is 6.45. The molecule has 0 spiro atoms. The van der Waals surface area contributed by atoms with Crippen molar-refractivity contribution in [2.45, 2.75) is 31.8 Å². The molecule has 0 saturated carbocycles. The lowest BCUT2D eigenvalue weighted by Gasteiger charge is -2.33. The van der Waals surface area contributed by atoms with E-state index in [-0.39, 0.29) is 5.75 Å². The number of nitrogens with zero attached hydrogens (tertiary/aromatic N) is 1. The molecule has 0 unspecified atom stereocenters. The minimum absolute atomic E-state index is 0.181. The van der Waals surface area contributed by atoms with Gasteiger partial charge in [0.1, 0.15) is 0 Å². The molecule has 5 rings (SSSR count). The molecule has 0 radical (unpaired) electrons. The molecule has 5 heteroatoms. The number of hydrogen-bond acceptors (Lipinski definition) is 5. The van der Waals surface area contributed by atoms with Crippen molar-refractivity contribution in [1.29, 1.82) is 0 Å². The van der Waals surface area contributed by atoms with Crippen LogP contribution < -0.4 is 14.2 Å². The number of ether oxygens (including phenoxy) is 3. The van der Waals surface area contributed by atoms with Crippen molar-refractivity contribution in [3.8, 4) is 23.0 Å². The number of fused-ring (bicyclic) bond motifs is 7. The van der Waals surface area contributed by atoms with Crippen molar-refractivity contribution < 1.29 is 19.3 Å². The number of hydrogen-bond donors (Lipinski definition) is 1. The molecule has 1 atom stereocenters. The molecule has 0 aromatic heterocycles. The van der Waals surface area contributed by atoms with Gasteiger partial charge in [0.05, 0.1) is 21.3 Å². The molecule has 0 bridgehead atoms. The predicted octanol–water partition coefficient (Wildman–Crippen LogP) is 4.24. The smallest absolute Gasteiger partial charge is 0.161 e. The van der Waals surface area contributed by atoms with Gasteiger partial charge in [0, 0.05) is 12.6 Å². The monoisotopic (exact) mass is 379 g/mol. The molecule has 0 amide bonds. The minimum Gasteiger partial charge on any atom is -0.504 e. The molecule has 28 heavy (non-hydrogen) atoms. The average molecular weight is 379 g/mol. The first kappa shape index (κ1) is 17.4. The number of phenols is 1. The van der Waals surface area contributed by atoms with Crippen LogP contribution in [-0.2, 0) is 13.0 Å². The van der Waals surface area contributed by atoms with E-state index in [0.717, 1.165) is 41.4 Å². The minimum atomic E-state index is 0.181. The maximum atomic E-state index is 10.5. The maximum Gasteiger partial charge on any atom is 0.161 e. The Balaban J connectivity index is 1.90. The van der Waals surface area contributed by atoms with Crippen LogP contribution in [0.3, 0.4) is 0 Å². The van der Waals surface area contributed by atoms with Gasteiger partial charge in [-0.05, 0) is 82.7 Å². The van der Waals surface area contributed by atoms with Gasteiger partial charge in [-0.2, -0.15) is 0 Å². The fraction of sp³-hybridized carbons (Fsp3) is 0.391. The molecule has 1 saturated heterocycles. The summed E-state index contributed by atoms with van der Waals surface area (Å²) in [7, 11) is 4.92. The highest BCUT2D eigenvalue weighted by Crippen LogP contribution is 2.45. The van der Waals surface area contributed by atoms with Gasteiger partial charge in [-0.25, -0.2) is 0 Å². The van der Waals surface area contributed by atoms with Crippen LogP contribution in [0.4, 0.5) is 0 Å². The number of rotatable bonds is 3. The summed E-state index contributed by atoms with van der Waals surface area (Å²) >= 11 is 0. The van der Waals surface area contributed by atoms with E-state index in [1.54, 1.807) is 21.3 Å². The Hall–Kier alpha value is -2.66. The molecule has 2 heterocycles. The lowest BCUT2D eigenvalue weighted by atomic mass is 9.85. The van der Waals surface area contributed by atoms with Crippen LogP contribution in [0, 0.1) is 0 Å². The van der Waals surface area contributed by atoms with Crippen molar-refractivity contribution in [3.05, 3.63) is 35.4 Å². The molecule has 1 N–H and O–H groups in total. The first-order chi connectivity index (χ1) is 13.6. The Morgan fingerprint density at radius 1 is 0.821 bits per heavy atom. The van der Waals surface area contributed by atoms with Gasteiger partial charge in [-0.15, -0.1) is 0 Å². The van der Waals surface area contributed by atoms with E-state index in [0.29, 0.717) is 17.5 Å². The highest BCUT2D eigenvalue weighted by Gasteiger charge is 2.32. The third kappa shape index (κ3) is 2.42. The van der Waals surface area contributed by atoms with Crippen LogP contribution in [0.5, 0.6) is 23.0 Å². The Kier molecular flexibility index (Phi) is 4.02. The average Bonchev–Trinajstić information content (AvgIpc) is 3.18. The van der Waals surface area contributed by atoms with Crippen LogP contribution >= 0.6 is 0 Å². The molecule has 3 aromatic rings. The van der Waals surface area contributed by atoms with Crippen LogP contribution in [-0.4, -0.2) is 43.9 Å². The summed E-state index contributed by atoms with van der Waals surface area (Å²) in [6.07, 6.45) is 3.54. The first-order valence-corrected chi connectivity index (χ1v) is 9.78. The van der Waals surface area contributed by atoms with Crippen molar-refractivity contribution in [2.24, 2.45) is 0 Å². The molecule has 5 nitrogen and oxygen atoms in total. The topological polar surface area (TPSA) is 51.2 Å². The summed E-state index contributed by atoms with van der Waals surface area (Å²) < 4.78 is 16.6. The second-order valence-electron chi connectivity index (χ2n) is 7.75.